The number of pyridine rings is 1. The number of piperidine rings is 1. The third-order valence-corrected chi connectivity index (χ3v) is 7.21. The first-order valence-corrected chi connectivity index (χ1v) is 13.3. The number of aromatic amines is 2. The summed E-state index contributed by atoms with van der Waals surface area (Å²) in [6.45, 7) is 7.81. The Hall–Kier alpha value is -4.20. The van der Waals surface area contributed by atoms with Crippen LogP contribution in [0.4, 0.5) is 5.69 Å². The van der Waals surface area contributed by atoms with Crippen molar-refractivity contribution in [1.82, 2.24) is 30.5 Å². The van der Waals surface area contributed by atoms with Crippen LogP contribution < -0.4 is 10.2 Å². The van der Waals surface area contributed by atoms with Crippen LogP contribution in [0.2, 0.25) is 0 Å². The fourth-order valence-corrected chi connectivity index (χ4v) is 5.03. The van der Waals surface area contributed by atoms with Crippen LogP contribution >= 0.6 is 0 Å². The number of benzene rings is 1. The van der Waals surface area contributed by atoms with E-state index in [2.05, 4.69) is 54.7 Å². The Balaban J connectivity index is 1.36. The smallest absolute Gasteiger partial charge is 0.229 e. The van der Waals surface area contributed by atoms with Gasteiger partial charge in [0, 0.05) is 29.6 Å². The van der Waals surface area contributed by atoms with Gasteiger partial charge in [-0.1, -0.05) is 39.0 Å². The van der Waals surface area contributed by atoms with Crippen molar-refractivity contribution in [2.45, 2.75) is 46.5 Å². The van der Waals surface area contributed by atoms with Gasteiger partial charge in [-0.05, 0) is 61.1 Å². The molecule has 4 aromatic rings. The van der Waals surface area contributed by atoms with Crippen LogP contribution in [0.5, 0.6) is 0 Å². The maximum Gasteiger partial charge on any atom is 0.229 e. The molecular weight excluding hydrogens is 474 g/mol. The van der Waals surface area contributed by atoms with Gasteiger partial charge >= 0.3 is 0 Å². The van der Waals surface area contributed by atoms with Gasteiger partial charge < -0.3 is 15.2 Å². The van der Waals surface area contributed by atoms with E-state index in [0.29, 0.717) is 0 Å². The summed E-state index contributed by atoms with van der Waals surface area (Å²) in [5, 5.41) is 11.8. The first kappa shape index (κ1) is 24.2. The zero-order valence-electron chi connectivity index (χ0n) is 22.1. The van der Waals surface area contributed by atoms with E-state index in [0.717, 1.165) is 75.5 Å². The van der Waals surface area contributed by atoms with Gasteiger partial charge in [-0.25, -0.2) is 4.98 Å². The molecule has 194 valence electrons. The number of imidazole rings is 1. The third-order valence-electron chi connectivity index (χ3n) is 7.21. The van der Waals surface area contributed by atoms with Gasteiger partial charge in [0.05, 0.1) is 29.1 Å². The summed E-state index contributed by atoms with van der Waals surface area (Å²) >= 11 is 0. The lowest BCUT2D eigenvalue weighted by Gasteiger charge is -2.28. The van der Waals surface area contributed by atoms with Crippen molar-refractivity contribution in [2.24, 2.45) is 5.41 Å². The van der Waals surface area contributed by atoms with E-state index in [1.807, 2.05) is 51.4 Å². The highest BCUT2D eigenvalue weighted by molar-refractivity contribution is 5.97. The van der Waals surface area contributed by atoms with Gasteiger partial charge in [0.2, 0.25) is 5.91 Å². The first-order chi connectivity index (χ1) is 18.4. The average molecular weight is 508 g/mol. The Labute approximate surface area is 221 Å². The molecule has 1 aliphatic heterocycles. The molecule has 0 unspecified atom stereocenters. The monoisotopic (exact) mass is 507 g/mol. The predicted octanol–water partition coefficient (Wildman–Crippen LogP) is 5.88. The molecule has 1 amide bonds. The Morgan fingerprint density at radius 3 is 2.74 bits per heavy atom. The number of nitrogens with zero attached hydrogens (tertiary/aromatic N) is 4. The van der Waals surface area contributed by atoms with Gasteiger partial charge in [0.15, 0.2) is 5.82 Å². The molecule has 3 N–H and O–H groups in total. The molecule has 4 heterocycles. The molecule has 0 saturated carbocycles. The second-order valence-corrected chi connectivity index (χ2v) is 11.1. The zero-order valence-corrected chi connectivity index (χ0v) is 22.1. The van der Waals surface area contributed by atoms with E-state index in [1.165, 1.54) is 19.3 Å². The number of anilines is 1. The SMILES string of the molecule is CC(C)(C)C(=O)NC1=CC(c2ccc3[nH]nc(-c4nc5c(N6CCCCC6)cncc5[nH]4)c3c2)=CCC=C1. The number of allylic oxidation sites excluding steroid dienone is 5. The van der Waals surface area contributed by atoms with Crippen LogP contribution in [0.15, 0.2) is 60.6 Å². The zero-order chi connectivity index (χ0) is 26.3. The Morgan fingerprint density at radius 1 is 1.08 bits per heavy atom. The van der Waals surface area contributed by atoms with Gasteiger partial charge in [-0.3, -0.25) is 14.9 Å². The summed E-state index contributed by atoms with van der Waals surface area (Å²) in [4.78, 5) is 27.9. The number of rotatable bonds is 4. The van der Waals surface area contributed by atoms with Gasteiger partial charge in [0.1, 0.15) is 11.2 Å². The number of H-pyrrole nitrogens is 2. The van der Waals surface area contributed by atoms with Crippen molar-refractivity contribution in [3.63, 3.8) is 0 Å². The maximum atomic E-state index is 12.6. The molecule has 1 saturated heterocycles. The summed E-state index contributed by atoms with van der Waals surface area (Å²) in [6.07, 6.45) is 16.4. The van der Waals surface area contributed by atoms with Gasteiger partial charge in [-0.2, -0.15) is 5.10 Å². The summed E-state index contributed by atoms with van der Waals surface area (Å²) in [5.41, 5.74) is 7.07. The number of carbonyl (C=O) groups excluding carboxylic acids is 1. The van der Waals surface area contributed by atoms with E-state index in [4.69, 9.17) is 4.98 Å². The lowest BCUT2D eigenvalue weighted by Crippen LogP contribution is -2.33. The topological polar surface area (TPSA) is 103 Å². The molecule has 8 heteroatoms. The van der Waals surface area contributed by atoms with Crippen molar-refractivity contribution < 1.29 is 4.79 Å². The standard InChI is InChI=1S/C30H33N7O/c1-30(2,3)29(38)32-21-10-6-5-9-19(15-21)20-11-12-23-22(16-20)26(36-35-23)28-33-24-17-31-18-25(27(24)34-28)37-13-7-4-8-14-37/h6,9-12,15-18H,4-5,7-8,13-14H2,1-3H3,(H,32,38)(H,33,34)(H,35,36). The molecule has 0 spiro atoms. The molecule has 38 heavy (non-hydrogen) atoms. The average Bonchev–Trinajstić information content (AvgIpc) is 3.46. The lowest BCUT2D eigenvalue weighted by atomic mass is 9.95. The quantitative estimate of drug-likeness (QED) is 0.320. The normalized spacial score (nSPS) is 16.4. The largest absolute Gasteiger partial charge is 0.368 e. The molecule has 6 rings (SSSR count). The van der Waals surface area contributed by atoms with Crippen molar-refractivity contribution in [1.29, 1.82) is 0 Å². The minimum atomic E-state index is -0.467. The van der Waals surface area contributed by atoms with Crippen molar-refractivity contribution in [3.8, 4) is 11.5 Å². The molecule has 8 nitrogen and oxygen atoms in total. The second-order valence-electron chi connectivity index (χ2n) is 11.1. The van der Waals surface area contributed by atoms with E-state index < -0.39 is 5.41 Å². The Morgan fingerprint density at radius 2 is 1.92 bits per heavy atom. The third kappa shape index (κ3) is 4.62. The van der Waals surface area contributed by atoms with E-state index in [1.54, 1.807) is 0 Å². The number of aromatic nitrogens is 5. The van der Waals surface area contributed by atoms with Crippen LogP contribution in [0, 0.1) is 5.41 Å². The first-order valence-electron chi connectivity index (χ1n) is 13.3. The fraction of sp³-hybridized carbons (Fsp3) is 0.333. The molecule has 1 aromatic carbocycles. The fourth-order valence-electron chi connectivity index (χ4n) is 5.03. The lowest BCUT2D eigenvalue weighted by molar-refractivity contribution is -0.127. The molecule has 2 aliphatic rings. The van der Waals surface area contributed by atoms with E-state index in [9.17, 15) is 4.79 Å². The molecular formula is C30H33N7O. The van der Waals surface area contributed by atoms with Crippen molar-refractivity contribution >= 4 is 39.1 Å². The summed E-state index contributed by atoms with van der Waals surface area (Å²) in [5.74, 6) is 0.713. The molecule has 0 atom stereocenters. The number of hydrogen-bond acceptors (Lipinski definition) is 5. The van der Waals surface area contributed by atoms with Crippen LogP contribution in [0.25, 0.3) is 39.0 Å². The minimum Gasteiger partial charge on any atom is -0.368 e. The van der Waals surface area contributed by atoms with Gasteiger partial charge in [-0.15, -0.1) is 0 Å². The van der Waals surface area contributed by atoms with Crippen LogP contribution in [0.1, 0.15) is 52.0 Å². The molecule has 0 radical (unpaired) electrons. The second kappa shape index (κ2) is 9.59. The summed E-state index contributed by atoms with van der Waals surface area (Å²) in [7, 11) is 0. The number of carbonyl (C=O) groups is 1. The predicted molar refractivity (Wildman–Crippen MR) is 152 cm³/mol. The highest BCUT2D eigenvalue weighted by Crippen LogP contribution is 2.33. The number of amides is 1. The highest BCUT2D eigenvalue weighted by Gasteiger charge is 2.22. The van der Waals surface area contributed by atoms with Crippen LogP contribution in [-0.4, -0.2) is 44.1 Å². The number of hydrogen-bond donors (Lipinski definition) is 3. The Bertz CT molecular complexity index is 1610. The summed E-state index contributed by atoms with van der Waals surface area (Å²) in [6, 6.07) is 6.27. The van der Waals surface area contributed by atoms with Crippen LogP contribution in [-0.2, 0) is 4.79 Å². The molecule has 1 aliphatic carbocycles. The summed E-state index contributed by atoms with van der Waals surface area (Å²) < 4.78 is 0. The number of fused-ring (bicyclic) bond motifs is 2. The maximum absolute atomic E-state index is 12.6. The molecule has 0 bridgehead atoms. The highest BCUT2D eigenvalue weighted by atomic mass is 16.2. The molecule has 1 fully saturated rings. The van der Waals surface area contributed by atoms with Crippen LogP contribution in [0.3, 0.4) is 0 Å². The number of nitrogens with one attached hydrogen (secondary N) is 3. The molecule has 3 aromatic heterocycles. The van der Waals surface area contributed by atoms with E-state index >= 15 is 0 Å². The minimum absolute atomic E-state index is 0.00878. The van der Waals surface area contributed by atoms with E-state index in [-0.39, 0.29) is 5.91 Å². The van der Waals surface area contributed by atoms with Crippen molar-refractivity contribution in [3.05, 3.63) is 66.2 Å². The van der Waals surface area contributed by atoms with Crippen molar-refractivity contribution in [2.75, 3.05) is 18.0 Å². The van der Waals surface area contributed by atoms with Gasteiger partial charge in [0.25, 0.3) is 0 Å². The Kier molecular flexibility index (Phi) is 6.10.